The normalized spacial score (nSPS) is 26.2. The average Bonchev–Trinajstić information content (AvgIpc) is 2.90. The Morgan fingerprint density at radius 2 is 1.92 bits per heavy atom. The van der Waals surface area contributed by atoms with Crippen LogP contribution in [0, 0.1) is 17.2 Å². The van der Waals surface area contributed by atoms with Crippen molar-refractivity contribution in [2.45, 2.75) is 18.3 Å². The number of nitrogens with two attached hydrogens (primary N) is 1. The van der Waals surface area contributed by atoms with Crippen LogP contribution < -0.4 is 11.2 Å². The maximum absolute atomic E-state index is 13.3. The van der Waals surface area contributed by atoms with Gasteiger partial charge in [0.1, 0.15) is 6.07 Å². The highest BCUT2D eigenvalue weighted by Crippen LogP contribution is 2.48. The van der Waals surface area contributed by atoms with Crippen molar-refractivity contribution in [1.29, 1.82) is 5.26 Å². The average molecular weight is 377 g/mol. The molecule has 5 nitrogen and oxygen atoms in total. The quantitative estimate of drug-likeness (QED) is 0.787. The molecule has 0 saturated heterocycles. The lowest BCUT2D eigenvalue weighted by Gasteiger charge is -2.35. The van der Waals surface area contributed by atoms with Gasteiger partial charge in [-0.3, -0.25) is 5.43 Å². The molecule has 3 N–H and O–H groups in total. The maximum Gasteiger partial charge on any atom is 0.431 e. The molecule has 0 aromatic heterocycles. The number of nitriles is 1. The van der Waals surface area contributed by atoms with Gasteiger partial charge in [0, 0.05) is 16.0 Å². The molecule has 3 atom stereocenters. The monoisotopic (exact) mass is 376 g/mol. The van der Waals surface area contributed by atoms with Gasteiger partial charge in [0.15, 0.2) is 11.9 Å². The van der Waals surface area contributed by atoms with Gasteiger partial charge < -0.3 is 10.5 Å². The predicted molar refractivity (Wildman–Crippen MR) is 81.0 cm³/mol. The summed E-state index contributed by atoms with van der Waals surface area (Å²) in [5.41, 5.74) is 6.87. The molecular weight excluding hydrogens is 368 g/mol. The van der Waals surface area contributed by atoms with Gasteiger partial charge in [-0.1, -0.05) is 29.3 Å². The number of benzene rings is 1. The summed E-state index contributed by atoms with van der Waals surface area (Å²) in [5, 5.41) is 13.0. The van der Waals surface area contributed by atoms with Gasteiger partial charge in [0.05, 0.1) is 11.5 Å². The Morgan fingerprint density at radius 1 is 1.29 bits per heavy atom. The van der Waals surface area contributed by atoms with Gasteiger partial charge in [-0.2, -0.15) is 23.5 Å². The summed E-state index contributed by atoms with van der Waals surface area (Å²) in [5.74, 6) is -2.76. The number of alkyl halides is 3. The molecule has 126 valence electrons. The fourth-order valence-corrected chi connectivity index (χ4v) is 3.54. The van der Waals surface area contributed by atoms with Crippen molar-refractivity contribution in [2.24, 2.45) is 16.8 Å². The number of halogens is 5. The number of fused-ring (bicyclic) bond motifs is 1. The molecule has 24 heavy (non-hydrogen) atoms. The number of hydrazone groups is 1. The first-order valence-corrected chi connectivity index (χ1v) is 7.42. The highest BCUT2D eigenvalue weighted by molar-refractivity contribution is 6.36. The lowest BCUT2D eigenvalue weighted by Crippen LogP contribution is -2.45. The van der Waals surface area contributed by atoms with E-state index in [1.54, 1.807) is 12.1 Å². The third-order valence-electron chi connectivity index (χ3n) is 3.87. The van der Waals surface area contributed by atoms with Crippen LogP contribution in [0.25, 0.3) is 0 Å². The van der Waals surface area contributed by atoms with E-state index in [0.29, 0.717) is 0 Å². The van der Waals surface area contributed by atoms with Crippen LogP contribution in [0.5, 0.6) is 0 Å². The lowest BCUT2D eigenvalue weighted by atomic mass is 9.76. The zero-order valence-electron chi connectivity index (χ0n) is 11.7. The van der Waals surface area contributed by atoms with Crippen molar-refractivity contribution in [2.75, 3.05) is 0 Å². The first kappa shape index (κ1) is 16.7. The third-order valence-corrected chi connectivity index (χ3v) is 4.52. The Labute approximate surface area is 144 Å². The summed E-state index contributed by atoms with van der Waals surface area (Å²) in [4.78, 5) is 0. The second-order valence-electron chi connectivity index (χ2n) is 5.19. The largest absolute Gasteiger partial charge is 0.453 e. The van der Waals surface area contributed by atoms with E-state index in [2.05, 4.69) is 10.5 Å². The summed E-state index contributed by atoms with van der Waals surface area (Å²) >= 11 is 12.3. The molecule has 0 spiro atoms. The molecule has 0 saturated carbocycles. The van der Waals surface area contributed by atoms with Crippen molar-refractivity contribution in [1.82, 2.24) is 5.43 Å². The molecule has 1 aromatic carbocycles. The molecule has 1 aromatic rings. The van der Waals surface area contributed by atoms with Crippen molar-refractivity contribution >= 4 is 28.9 Å². The zero-order valence-corrected chi connectivity index (χ0v) is 13.2. The number of rotatable bonds is 1. The van der Waals surface area contributed by atoms with Crippen molar-refractivity contribution in [3.05, 3.63) is 45.3 Å². The van der Waals surface area contributed by atoms with Crippen LogP contribution in [0.15, 0.2) is 34.8 Å². The van der Waals surface area contributed by atoms with E-state index in [0.717, 1.165) is 0 Å². The van der Waals surface area contributed by atoms with E-state index in [4.69, 9.17) is 33.7 Å². The van der Waals surface area contributed by atoms with Gasteiger partial charge in [0.25, 0.3) is 0 Å². The highest BCUT2D eigenvalue weighted by atomic mass is 35.5. The van der Waals surface area contributed by atoms with Crippen LogP contribution in [-0.4, -0.2) is 18.1 Å². The Hall–Kier alpha value is -2.11. The lowest BCUT2D eigenvalue weighted by molar-refractivity contribution is -0.0661. The first-order valence-electron chi connectivity index (χ1n) is 6.66. The minimum absolute atomic E-state index is 0.127. The van der Waals surface area contributed by atoms with E-state index in [-0.39, 0.29) is 27.1 Å². The summed E-state index contributed by atoms with van der Waals surface area (Å²) in [7, 11) is 0. The Kier molecular flexibility index (Phi) is 4.01. The van der Waals surface area contributed by atoms with Crippen LogP contribution in [0.1, 0.15) is 11.5 Å². The molecule has 2 aliphatic heterocycles. The summed E-state index contributed by atoms with van der Waals surface area (Å²) < 4.78 is 45.2. The van der Waals surface area contributed by atoms with Gasteiger partial charge in [-0.25, -0.2) is 0 Å². The van der Waals surface area contributed by atoms with Crippen LogP contribution in [-0.2, 0) is 4.74 Å². The standard InChI is InChI=1S/C14H9Cl2F3N4O/c15-6-2-1-3-7(16)9(6)8-5(4-20)12(21)24-13-10(8)11(22-23-13)14(17,18)19/h1-3,8,10,13,23H,21H2/t8-,10+,13-/m0/s1. The second kappa shape index (κ2) is 5.76. The van der Waals surface area contributed by atoms with Gasteiger partial charge in [0.2, 0.25) is 5.88 Å². The van der Waals surface area contributed by atoms with Crippen LogP contribution in [0.2, 0.25) is 10.0 Å². The smallest absolute Gasteiger partial charge is 0.431 e. The number of hydrogen-bond donors (Lipinski definition) is 2. The van der Waals surface area contributed by atoms with E-state index in [1.807, 2.05) is 0 Å². The molecule has 2 heterocycles. The molecule has 0 bridgehead atoms. The van der Waals surface area contributed by atoms with Crippen molar-refractivity contribution in [3.63, 3.8) is 0 Å². The minimum Gasteiger partial charge on any atom is -0.453 e. The number of nitrogens with zero attached hydrogens (tertiary/aromatic N) is 2. The fourth-order valence-electron chi connectivity index (χ4n) is 2.91. The molecule has 0 fully saturated rings. The number of ether oxygens (including phenoxy) is 1. The highest BCUT2D eigenvalue weighted by Gasteiger charge is 2.55. The van der Waals surface area contributed by atoms with Gasteiger partial charge in [-0.15, -0.1) is 0 Å². The first-order chi connectivity index (χ1) is 11.3. The SMILES string of the molecule is N#CC1=C(N)O[C@@H]2NN=C(C(F)(F)F)[C@H]2[C@@H]1c1c(Cl)cccc1Cl. The maximum atomic E-state index is 13.3. The number of hydrogen-bond acceptors (Lipinski definition) is 5. The third kappa shape index (κ3) is 2.54. The number of nitrogens with one attached hydrogen (secondary N) is 1. The van der Waals surface area contributed by atoms with E-state index >= 15 is 0 Å². The molecule has 0 unspecified atom stereocenters. The van der Waals surface area contributed by atoms with Gasteiger partial charge in [-0.05, 0) is 17.7 Å². The molecule has 0 amide bonds. The molecule has 10 heteroatoms. The topological polar surface area (TPSA) is 83.4 Å². The molecule has 0 radical (unpaired) electrons. The van der Waals surface area contributed by atoms with Crippen molar-refractivity contribution < 1.29 is 17.9 Å². The minimum atomic E-state index is -4.71. The van der Waals surface area contributed by atoms with Crippen molar-refractivity contribution in [3.8, 4) is 6.07 Å². The number of allylic oxidation sites excluding steroid dienone is 1. The summed E-state index contributed by atoms with van der Waals surface area (Å²) in [6, 6.07) is 6.31. The van der Waals surface area contributed by atoms with Gasteiger partial charge >= 0.3 is 6.18 Å². The predicted octanol–water partition coefficient (Wildman–Crippen LogP) is 3.26. The van der Waals surface area contributed by atoms with E-state index in [9.17, 15) is 18.4 Å². The van der Waals surface area contributed by atoms with E-state index < -0.39 is 30.0 Å². The molecular formula is C14H9Cl2F3N4O. The summed E-state index contributed by atoms with van der Waals surface area (Å²) in [6.07, 6.45) is -5.88. The zero-order chi connectivity index (χ0) is 17.6. The molecule has 3 rings (SSSR count). The van der Waals surface area contributed by atoms with Crippen LogP contribution >= 0.6 is 23.2 Å². The Bertz CT molecular complexity index is 780. The second-order valence-corrected chi connectivity index (χ2v) is 6.01. The van der Waals surface area contributed by atoms with E-state index in [1.165, 1.54) is 12.1 Å². The molecule has 0 aliphatic carbocycles. The fraction of sp³-hybridized carbons (Fsp3) is 0.286. The molecule has 2 aliphatic rings. The van der Waals surface area contributed by atoms with Crippen LogP contribution in [0.3, 0.4) is 0 Å². The Morgan fingerprint density at radius 3 is 2.46 bits per heavy atom. The summed E-state index contributed by atoms with van der Waals surface area (Å²) in [6.45, 7) is 0. The Balaban J connectivity index is 2.23. The van der Waals surface area contributed by atoms with Crippen LogP contribution in [0.4, 0.5) is 13.2 Å².